The molecule has 0 spiro atoms. The third-order valence-corrected chi connectivity index (χ3v) is 3.31. The molecule has 0 radical (unpaired) electrons. The fraction of sp³-hybridized carbons (Fsp3) is 0.438. The van der Waals surface area contributed by atoms with Crippen molar-refractivity contribution < 1.29 is 4.39 Å². The summed E-state index contributed by atoms with van der Waals surface area (Å²) in [6, 6.07) is 6.83. The van der Waals surface area contributed by atoms with E-state index in [2.05, 4.69) is 31.2 Å². The van der Waals surface area contributed by atoms with Crippen LogP contribution in [0.15, 0.2) is 36.7 Å². The largest absolute Gasteiger partial charge is 0.306 e. The van der Waals surface area contributed by atoms with Crippen LogP contribution in [-0.4, -0.2) is 9.78 Å². The van der Waals surface area contributed by atoms with Gasteiger partial charge in [0.25, 0.3) is 0 Å². The Morgan fingerprint density at radius 2 is 2.00 bits per heavy atom. The Morgan fingerprint density at radius 1 is 1.30 bits per heavy atom. The number of benzene rings is 1. The van der Waals surface area contributed by atoms with Crippen molar-refractivity contribution in [2.75, 3.05) is 0 Å². The van der Waals surface area contributed by atoms with Crippen molar-refractivity contribution in [3.8, 4) is 0 Å². The molecule has 0 unspecified atom stereocenters. The Morgan fingerprint density at radius 3 is 2.60 bits per heavy atom. The molecule has 20 heavy (non-hydrogen) atoms. The zero-order valence-corrected chi connectivity index (χ0v) is 12.5. The highest BCUT2D eigenvalue weighted by Crippen LogP contribution is 2.17. The fourth-order valence-corrected chi connectivity index (χ4v) is 2.03. The smallest absolute Gasteiger partial charge is 0.127 e. The number of halogens is 1. The molecule has 0 bridgehead atoms. The van der Waals surface area contributed by atoms with Crippen LogP contribution in [-0.2, 0) is 12.1 Å². The quantitative estimate of drug-likeness (QED) is 0.923. The Balaban J connectivity index is 1.99. The van der Waals surface area contributed by atoms with Gasteiger partial charge in [-0.1, -0.05) is 18.2 Å². The molecule has 108 valence electrons. The first-order valence-electron chi connectivity index (χ1n) is 6.90. The Labute approximate surface area is 119 Å². The first kappa shape index (κ1) is 14.7. The summed E-state index contributed by atoms with van der Waals surface area (Å²) in [5.41, 5.74) is 1.77. The Hall–Kier alpha value is -1.68. The molecule has 1 aromatic carbocycles. The fourth-order valence-electron chi connectivity index (χ4n) is 2.03. The van der Waals surface area contributed by atoms with Gasteiger partial charge in [-0.25, -0.2) is 4.39 Å². The predicted octanol–water partition coefficient (Wildman–Crippen LogP) is 3.63. The van der Waals surface area contributed by atoms with Crippen molar-refractivity contribution in [1.82, 2.24) is 15.1 Å². The van der Waals surface area contributed by atoms with Crippen LogP contribution in [0, 0.1) is 5.82 Å². The van der Waals surface area contributed by atoms with E-state index >= 15 is 0 Å². The van der Waals surface area contributed by atoms with Gasteiger partial charge in [-0.2, -0.15) is 5.10 Å². The van der Waals surface area contributed by atoms with E-state index in [1.165, 1.54) is 6.07 Å². The van der Waals surface area contributed by atoms with E-state index in [4.69, 9.17) is 0 Å². The van der Waals surface area contributed by atoms with E-state index in [0.717, 1.165) is 5.56 Å². The summed E-state index contributed by atoms with van der Waals surface area (Å²) < 4.78 is 15.6. The number of nitrogens with one attached hydrogen (secondary N) is 1. The molecule has 0 saturated heterocycles. The van der Waals surface area contributed by atoms with Crippen LogP contribution in [0.5, 0.6) is 0 Å². The van der Waals surface area contributed by atoms with Crippen LogP contribution in [0.4, 0.5) is 4.39 Å². The van der Waals surface area contributed by atoms with Crippen molar-refractivity contribution in [1.29, 1.82) is 0 Å². The molecular formula is C16H22FN3. The van der Waals surface area contributed by atoms with Gasteiger partial charge in [0.2, 0.25) is 0 Å². The highest BCUT2D eigenvalue weighted by molar-refractivity contribution is 5.20. The lowest BCUT2D eigenvalue weighted by Gasteiger charge is -2.19. The van der Waals surface area contributed by atoms with E-state index in [0.29, 0.717) is 12.1 Å². The Bertz CT molecular complexity index is 569. The summed E-state index contributed by atoms with van der Waals surface area (Å²) in [5, 5.41) is 7.69. The lowest BCUT2D eigenvalue weighted by atomic mass is 10.1. The second-order valence-corrected chi connectivity index (χ2v) is 6.09. The summed E-state index contributed by atoms with van der Waals surface area (Å²) in [4.78, 5) is 0. The molecule has 0 amide bonds. The molecule has 0 aliphatic rings. The number of aromatic nitrogens is 2. The van der Waals surface area contributed by atoms with Gasteiger partial charge in [0.15, 0.2) is 0 Å². The molecule has 4 heteroatoms. The minimum Gasteiger partial charge on any atom is -0.306 e. The maximum atomic E-state index is 13.7. The summed E-state index contributed by atoms with van der Waals surface area (Å²) in [5.74, 6) is -0.169. The van der Waals surface area contributed by atoms with Crippen molar-refractivity contribution in [2.45, 2.75) is 45.8 Å². The van der Waals surface area contributed by atoms with E-state index in [1.54, 1.807) is 6.07 Å². The zero-order chi connectivity index (χ0) is 14.8. The molecule has 0 aliphatic heterocycles. The third kappa shape index (κ3) is 3.45. The molecule has 2 aromatic rings. The van der Waals surface area contributed by atoms with Crippen molar-refractivity contribution in [3.63, 3.8) is 0 Å². The normalized spacial score (nSPS) is 13.4. The second-order valence-electron chi connectivity index (χ2n) is 6.09. The average Bonchev–Trinajstić information content (AvgIpc) is 2.85. The topological polar surface area (TPSA) is 29.9 Å². The van der Waals surface area contributed by atoms with E-state index in [-0.39, 0.29) is 17.4 Å². The second kappa shape index (κ2) is 5.75. The maximum absolute atomic E-state index is 13.7. The van der Waals surface area contributed by atoms with Gasteiger partial charge in [0.1, 0.15) is 5.82 Å². The first-order valence-corrected chi connectivity index (χ1v) is 6.90. The van der Waals surface area contributed by atoms with Gasteiger partial charge in [0.05, 0.1) is 11.7 Å². The molecule has 3 nitrogen and oxygen atoms in total. The molecule has 1 atom stereocenters. The van der Waals surface area contributed by atoms with Crippen molar-refractivity contribution in [3.05, 3.63) is 53.6 Å². The maximum Gasteiger partial charge on any atom is 0.127 e. The summed E-state index contributed by atoms with van der Waals surface area (Å²) >= 11 is 0. The standard InChI is InChI=1S/C16H22FN3/c1-12(14-7-5-6-8-15(14)17)18-9-13-10-19-20(11-13)16(2,3)4/h5-8,10-12,18H,9H2,1-4H3/t12-/m1/s1. The first-order chi connectivity index (χ1) is 9.38. The van der Waals surface area contributed by atoms with Gasteiger partial charge in [0, 0.05) is 29.9 Å². The van der Waals surface area contributed by atoms with Crippen molar-refractivity contribution >= 4 is 0 Å². The average molecular weight is 275 g/mol. The molecule has 2 rings (SSSR count). The third-order valence-electron chi connectivity index (χ3n) is 3.31. The summed E-state index contributed by atoms with van der Waals surface area (Å²) in [7, 11) is 0. The highest BCUT2D eigenvalue weighted by Gasteiger charge is 2.14. The lowest BCUT2D eigenvalue weighted by Crippen LogP contribution is -2.22. The highest BCUT2D eigenvalue weighted by atomic mass is 19.1. The number of nitrogens with zero attached hydrogens (tertiary/aromatic N) is 2. The minimum atomic E-state index is -0.169. The molecular weight excluding hydrogens is 253 g/mol. The molecule has 0 aliphatic carbocycles. The summed E-state index contributed by atoms with van der Waals surface area (Å²) in [6.45, 7) is 8.97. The minimum absolute atomic E-state index is 0.0184. The molecule has 1 heterocycles. The predicted molar refractivity (Wildman–Crippen MR) is 78.9 cm³/mol. The number of rotatable bonds is 4. The van der Waals surface area contributed by atoms with Gasteiger partial charge >= 0.3 is 0 Å². The van der Waals surface area contributed by atoms with Crippen LogP contribution >= 0.6 is 0 Å². The van der Waals surface area contributed by atoms with Crippen LogP contribution < -0.4 is 5.32 Å². The van der Waals surface area contributed by atoms with Crippen LogP contribution in [0.1, 0.15) is 44.9 Å². The molecule has 0 saturated carbocycles. The Kier molecular flexibility index (Phi) is 4.23. The van der Waals surface area contributed by atoms with Crippen LogP contribution in [0.2, 0.25) is 0 Å². The molecule has 0 fully saturated rings. The van der Waals surface area contributed by atoms with Crippen LogP contribution in [0.3, 0.4) is 0 Å². The van der Waals surface area contributed by atoms with E-state index in [1.807, 2.05) is 36.1 Å². The SMILES string of the molecule is C[C@@H](NCc1cnn(C(C)(C)C)c1)c1ccccc1F. The molecule has 1 N–H and O–H groups in total. The molecule has 1 aromatic heterocycles. The van der Waals surface area contributed by atoms with E-state index < -0.39 is 0 Å². The van der Waals surface area contributed by atoms with E-state index in [9.17, 15) is 4.39 Å². The summed E-state index contributed by atoms with van der Waals surface area (Å²) in [6.07, 6.45) is 3.88. The van der Waals surface area contributed by atoms with Crippen LogP contribution in [0.25, 0.3) is 0 Å². The monoisotopic (exact) mass is 275 g/mol. The zero-order valence-electron chi connectivity index (χ0n) is 12.5. The van der Waals surface area contributed by atoms with Gasteiger partial charge in [-0.05, 0) is 33.8 Å². The van der Waals surface area contributed by atoms with Gasteiger partial charge < -0.3 is 5.32 Å². The lowest BCUT2D eigenvalue weighted by molar-refractivity contribution is 0.355. The van der Waals surface area contributed by atoms with Crippen molar-refractivity contribution in [2.24, 2.45) is 0 Å². The number of hydrogen-bond acceptors (Lipinski definition) is 2. The number of hydrogen-bond donors (Lipinski definition) is 1. The van der Waals surface area contributed by atoms with Gasteiger partial charge in [-0.3, -0.25) is 4.68 Å². The van der Waals surface area contributed by atoms with Gasteiger partial charge in [-0.15, -0.1) is 0 Å².